The van der Waals surface area contributed by atoms with E-state index >= 15 is 0 Å². The Kier molecular flexibility index (Phi) is 2.75. The summed E-state index contributed by atoms with van der Waals surface area (Å²) in [4.78, 5) is 23.6. The normalized spacial score (nSPS) is 22.1. The number of nitrogens with one attached hydrogen (secondary N) is 1. The first-order chi connectivity index (χ1) is 8.08. The van der Waals surface area contributed by atoms with Crippen LogP contribution in [0, 0.1) is 0 Å². The van der Waals surface area contributed by atoms with Crippen molar-refractivity contribution in [3.05, 3.63) is 24.3 Å². The number of rotatable bonds is 2. The quantitative estimate of drug-likeness (QED) is 0.620. The fraction of sp³-hybridized carbons (Fsp3) is 0.333. The number of carbonyl (C=O) groups excluding carboxylic acids is 2. The Morgan fingerprint density at radius 3 is 2.88 bits per heavy atom. The second-order valence-electron chi connectivity index (χ2n) is 3.81. The summed E-state index contributed by atoms with van der Waals surface area (Å²) in [5.41, 5.74) is -1.07. The van der Waals surface area contributed by atoms with Crippen LogP contribution in [0.2, 0.25) is 0 Å². The molecule has 17 heavy (non-hydrogen) atoms. The van der Waals surface area contributed by atoms with Crippen molar-refractivity contribution in [2.24, 2.45) is 0 Å². The maximum Gasteiger partial charge on any atom is 0.360 e. The lowest BCUT2D eigenvalue weighted by Crippen LogP contribution is -2.55. The molecule has 5 heteroatoms. The molecule has 1 aliphatic heterocycles. The van der Waals surface area contributed by atoms with E-state index in [1.807, 2.05) is 0 Å². The van der Waals surface area contributed by atoms with Gasteiger partial charge in [-0.1, -0.05) is 12.1 Å². The van der Waals surface area contributed by atoms with Gasteiger partial charge in [-0.25, -0.2) is 4.79 Å². The molecule has 5 nitrogen and oxygen atoms in total. The van der Waals surface area contributed by atoms with Crippen LogP contribution in [0.15, 0.2) is 24.3 Å². The molecule has 1 heterocycles. The van der Waals surface area contributed by atoms with Gasteiger partial charge in [-0.3, -0.25) is 4.79 Å². The predicted molar refractivity (Wildman–Crippen MR) is 60.7 cm³/mol. The molecule has 0 radical (unpaired) electrons. The van der Waals surface area contributed by atoms with E-state index in [1.54, 1.807) is 31.2 Å². The van der Waals surface area contributed by atoms with Crippen molar-refractivity contribution in [1.29, 1.82) is 0 Å². The van der Waals surface area contributed by atoms with Gasteiger partial charge < -0.3 is 14.8 Å². The number of fused-ring (bicyclic) bond motifs is 1. The Labute approximate surface area is 98.7 Å². The summed E-state index contributed by atoms with van der Waals surface area (Å²) in [6.07, 6.45) is 0. The number of carbonyl (C=O) groups is 2. The monoisotopic (exact) mass is 235 g/mol. The van der Waals surface area contributed by atoms with Gasteiger partial charge in [0.25, 0.3) is 11.5 Å². The van der Waals surface area contributed by atoms with Crippen LogP contribution in [-0.4, -0.2) is 24.1 Å². The van der Waals surface area contributed by atoms with E-state index in [0.717, 1.165) is 0 Å². The lowest BCUT2D eigenvalue weighted by Gasteiger charge is -2.32. The molecule has 90 valence electrons. The van der Waals surface area contributed by atoms with E-state index in [-0.39, 0.29) is 6.61 Å². The molecule has 0 aliphatic carbocycles. The average molecular weight is 235 g/mol. The van der Waals surface area contributed by atoms with Gasteiger partial charge in [0, 0.05) is 0 Å². The van der Waals surface area contributed by atoms with Gasteiger partial charge in [-0.05, 0) is 26.0 Å². The van der Waals surface area contributed by atoms with Crippen LogP contribution in [0.25, 0.3) is 0 Å². The maximum absolute atomic E-state index is 11.9. The summed E-state index contributed by atoms with van der Waals surface area (Å²) in [6.45, 7) is 3.28. The molecular weight excluding hydrogens is 222 g/mol. The number of benzene rings is 1. The smallest absolute Gasteiger partial charge is 0.360 e. The van der Waals surface area contributed by atoms with E-state index in [0.29, 0.717) is 11.4 Å². The number of anilines is 1. The van der Waals surface area contributed by atoms with Gasteiger partial charge in [0.2, 0.25) is 0 Å². The number of ether oxygens (including phenoxy) is 2. The zero-order valence-corrected chi connectivity index (χ0v) is 9.65. The van der Waals surface area contributed by atoms with Crippen molar-refractivity contribution < 1.29 is 19.1 Å². The van der Waals surface area contributed by atoms with Crippen molar-refractivity contribution >= 4 is 17.6 Å². The van der Waals surface area contributed by atoms with Crippen molar-refractivity contribution in [3.8, 4) is 5.75 Å². The fourth-order valence-electron chi connectivity index (χ4n) is 1.57. The third kappa shape index (κ3) is 1.84. The summed E-state index contributed by atoms with van der Waals surface area (Å²) in [5, 5.41) is 2.63. The molecular formula is C12H13NO4. The highest BCUT2D eigenvalue weighted by Crippen LogP contribution is 2.33. The fourth-order valence-corrected chi connectivity index (χ4v) is 1.57. The number of esters is 1. The van der Waals surface area contributed by atoms with Crippen LogP contribution >= 0.6 is 0 Å². The second-order valence-corrected chi connectivity index (χ2v) is 3.81. The number of hydrogen-bond acceptors (Lipinski definition) is 4. The Morgan fingerprint density at radius 1 is 1.47 bits per heavy atom. The number of hydrogen-bond donors (Lipinski definition) is 1. The molecule has 0 bridgehead atoms. The van der Waals surface area contributed by atoms with E-state index in [9.17, 15) is 9.59 Å². The molecule has 1 atom stereocenters. The summed E-state index contributed by atoms with van der Waals surface area (Å²) in [5.74, 6) is -0.746. The first kappa shape index (κ1) is 11.4. The Bertz CT molecular complexity index is 471. The standard InChI is InChI=1S/C12H13NO4/c1-3-16-11(15)12(2)10(14)13-8-6-4-5-7-9(8)17-12/h4-7H,3H2,1-2H3,(H,13,14). The molecule has 1 unspecified atom stereocenters. The molecule has 0 aromatic heterocycles. The molecule has 0 spiro atoms. The van der Waals surface area contributed by atoms with Crippen LogP contribution < -0.4 is 10.1 Å². The van der Waals surface area contributed by atoms with Gasteiger partial charge in [-0.2, -0.15) is 0 Å². The largest absolute Gasteiger partial charge is 0.464 e. The van der Waals surface area contributed by atoms with Crippen LogP contribution in [0.4, 0.5) is 5.69 Å². The van der Waals surface area contributed by atoms with Crippen molar-refractivity contribution in [3.63, 3.8) is 0 Å². The molecule has 1 N–H and O–H groups in total. The van der Waals surface area contributed by atoms with Gasteiger partial charge >= 0.3 is 5.97 Å². The second kappa shape index (κ2) is 4.08. The highest BCUT2D eigenvalue weighted by molar-refractivity contribution is 6.13. The summed E-state index contributed by atoms with van der Waals surface area (Å²) in [6, 6.07) is 6.93. The van der Waals surface area contributed by atoms with Crippen molar-refractivity contribution in [2.45, 2.75) is 19.4 Å². The molecule has 2 rings (SSSR count). The zero-order chi connectivity index (χ0) is 12.5. The van der Waals surface area contributed by atoms with E-state index in [4.69, 9.17) is 9.47 Å². The molecule has 1 aromatic carbocycles. The van der Waals surface area contributed by atoms with Crippen molar-refractivity contribution in [1.82, 2.24) is 0 Å². The molecule has 1 aromatic rings. The van der Waals surface area contributed by atoms with E-state index < -0.39 is 17.5 Å². The lowest BCUT2D eigenvalue weighted by molar-refractivity contribution is -0.165. The summed E-state index contributed by atoms with van der Waals surface area (Å²) >= 11 is 0. The number of amides is 1. The van der Waals surface area contributed by atoms with Gasteiger partial charge in [0.05, 0.1) is 12.3 Å². The Balaban J connectivity index is 2.34. The van der Waals surface area contributed by atoms with E-state index in [1.165, 1.54) is 6.92 Å². The summed E-state index contributed by atoms with van der Waals surface area (Å²) in [7, 11) is 0. The SMILES string of the molecule is CCOC(=O)C1(C)Oc2ccccc2NC1=O. The third-order valence-electron chi connectivity index (χ3n) is 2.55. The Hall–Kier alpha value is -2.04. The highest BCUT2D eigenvalue weighted by Gasteiger charge is 2.48. The van der Waals surface area contributed by atoms with Crippen LogP contribution in [0.1, 0.15) is 13.8 Å². The molecule has 0 fully saturated rings. The highest BCUT2D eigenvalue weighted by atomic mass is 16.6. The van der Waals surface area contributed by atoms with Gasteiger partial charge in [0.1, 0.15) is 5.75 Å². The molecule has 0 saturated heterocycles. The van der Waals surface area contributed by atoms with Crippen LogP contribution in [0.5, 0.6) is 5.75 Å². The minimum Gasteiger partial charge on any atom is -0.464 e. The number of para-hydroxylation sites is 2. The Morgan fingerprint density at radius 2 is 2.18 bits per heavy atom. The first-order valence-corrected chi connectivity index (χ1v) is 5.34. The minimum atomic E-state index is -1.62. The molecule has 1 aliphatic rings. The van der Waals surface area contributed by atoms with Crippen LogP contribution in [0.3, 0.4) is 0 Å². The minimum absolute atomic E-state index is 0.201. The summed E-state index contributed by atoms with van der Waals surface area (Å²) < 4.78 is 10.3. The average Bonchev–Trinajstić information content (AvgIpc) is 2.31. The first-order valence-electron chi connectivity index (χ1n) is 5.34. The lowest BCUT2D eigenvalue weighted by atomic mass is 10.0. The van der Waals surface area contributed by atoms with Gasteiger partial charge in [0.15, 0.2) is 0 Å². The van der Waals surface area contributed by atoms with Crippen molar-refractivity contribution in [2.75, 3.05) is 11.9 Å². The van der Waals surface area contributed by atoms with Gasteiger partial charge in [-0.15, -0.1) is 0 Å². The molecule has 1 amide bonds. The van der Waals surface area contributed by atoms with E-state index in [2.05, 4.69) is 5.32 Å². The predicted octanol–water partition coefficient (Wildman–Crippen LogP) is 1.34. The molecule has 0 saturated carbocycles. The third-order valence-corrected chi connectivity index (χ3v) is 2.55. The van der Waals surface area contributed by atoms with Crippen LogP contribution in [-0.2, 0) is 14.3 Å². The maximum atomic E-state index is 11.9. The zero-order valence-electron chi connectivity index (χ0n) is 9.65. The topological polar surface area (TPSA) is 64.6 Å².